The second-order valence-electron chi connectivity index (χ2n) is 7.45. The topological polar surface area (TPSA) is 147 Å². The zero-order valence-electron chi connectivity index (χ0n) is 17.3. The van der Waals surface area contributed by atoms with Crippen molar-refractivity contribution in [2.75, 3.05) is 5.73 Å². The molecule has 1 aliphatic rings. The molecule has 3 rings (SSSR count). The van der Waals surface area contributed by atoms with Crippen LogP contribution in [-0.2, 0) is 9.47 Å². The SMILES string of the molecule is CC(C)OC(=O)c1cc(C(=O)OC(C)C)cc(-n2c(N)c3c(cc2=O)C(=O)NC3=O)c1. The first kappa shape index (κ1) is 21.8. The predicted molar refractivity (Wildman–Crippen MR) is 109 cm³/mol. The first-order chi connectivity index (χ1) is 14.5. The van der Waals surface area contributed by atoms with Gasteiger partial charge in [-0.3, -0.25) is 24.3 Å². The Morgan fingerprint density at radius 2 is 1.39 bits per heavy atom. The van der Waals surface area contributed by atoms with Crippen molar-refractivity contribution < 1.29 is 28.7 Å². The monoisotopic (exact) mass is 427 g/mol. The van der Waals surface area contributed by atoms with Gasteiger partial charge in [0.05, 0.1) is 40.1 Å². The molecule has 31 heavy (non-hydrogen) atoms. The van der Waals surface area contributed by atoms with Crippen LogP contribution in [0.3, 0.4) is 0 Å². The number of imide groups is 1. The van der Waals surface area contributed by atoms with Gasteiger partial charge in [-0.25, -0.2) is 9.59 Å². The van der Waals surface area contributed by atoms with E-state index in [0.717, 1.165) is 10.6 Å². The number of ether oxygens (including phenoxy) is 2. The lowest BCUT2D eigenvalue weighted by atomic mass is 10.1. The Morgan fingerprint density at radius 1 is 0.871 bits per heavy atom. The van der Waals surface area contributed by atoms with Crippen LogP contribution in [0, 0.1) is 0 Å². The molecule has 1 aliphatic heterocycles. The van der Waals surface area contributed by atoms with Gasteiger partial charge in [-0.1, -0.05) is 0 Å². The second-order valence-corrected chi connectivity index (χ2v) is 7.45. The van der Waals surface area contributed by atoms with E-state index in [0.29, 0.717) is 0 Å². The van der Waals surface area contributed by atoms with Crippen molar-refractivity contribution in [3.8, 4) is 5.69 Å². The number of carbonyl (C=O) groups is 4. The van der Waals surface area contributed by atoms with Crippen molar-refractivity contribution in [3.05, 3.63) is 56.9 Å². The zero-order chi connectivity index (χ0) is 23.0. The van der Waals surface area contributed by atoms with E-state index in [1.807, 2.05) is 0 Å². The number of nitrogens with two attached hydrogens (primary N) is 1. The van der Waals surface area contributed by atoms with E-state index in [1.54, 1.807) is 27.7 Å². The highest BCUT2D eigenvalue weighted by atomic mass is 16.5. The molecule has 0 radical (unpaired) electrons. The summed E-state index contributed by atoms with van der Waals surface area (Å²) in [5.74, 6) is -3.23. The molecule has 3 N–H and O–H groups in total. The molecule has 0 saturated heterocycles. The molecule has 0 atom stereocenters. The number of esters is 2. The van der Waals surface area contributed by atoms with Crippen LogP contribution < -0.4 is 16.6 Å². The maximum absolute atomic E-state index is 12.7. The van der Waals surface area contributed by atoms with E-state index in [1.165, 1.54) is 18.2 Å². The number of nitrogen functional groups attached to an aromatic ring is 1. The lowest BCUT2D eigenvalue weighted by Crippen LogP contribution is -2.25. The molecular formula is C21H21N3O7. The fourth-order valence-corrected chi connectivity index (χ4v) is 3.09. The Kier molecular flexibility index (Phi) is 5.65. The number of hydrogen-bond acceptors (Lipinski definition) is 8. The van der Waals surface area contributed by atoms with Gasteiger partial charge in [0.1, 0.15) is 5.82 Å². The van der Waals surface area contributed by atoms with Crippen LogP contribution in [0.15, 0.2) is 29.1 Å². The molecule has 2 amide bonds. The Balaban J connectivity index is 2.24. The third kappa shape index (κ3) is 4.18. The van der Waals surface area contributed by atoms with Crippen LogP contribution in [-0.4, -0.2) is 40.5 Å². The number of benzene rings is 1. The number of hydrogen-bond donors (Lipinski definition) is 2. The number of nitrogens with one attached hydrogen (secondary N) is 1. The van der Waals surface area contributed by atoms with E-state index >= 15 is 0 Å². The predicted octanol–water partition coefficient (Wildman–Crippen LogP) is 1.43. The van der Waals surface area contributed by atoms with E-state index in [-0.39, 0.29) is 33.8 Å². The van der Waals surface area contributed by atoms with Crippen LogP contribution in [0.1, 0.15) is 69.1 Å². The van der Waals surface area contributed by atoms with Crippen LogP contribution in [0.2, 0.25) is 0 Å². The number of rotatable bonds is 5. The number of aromatic nitrogens is 1. The molecule has 0 aliphatic carbocycles. The standard InChI is InChI=1S/C21H21N3O7/c1-9(2)30-20(28)11-5-12(21(29)31-10(3)4)7-13(6-11)24-15(25)8-14-16(17(24)22)19(27)23-18(14)26/h5-10H,22H2,1-4H3,(H,23,26,27). The first-order valence-electron chi connectivity index (χ1n) is 9.48. The Morgan fingerprint density at radius 3 is 1.87 bits per heavy atom. The highest BCUT2D eigenvalue weighted by molar-refractivity contribution is 6.23. The van der Waals surface area contributed by atoms with Crippen molar-refractivity contribution in [1.29, 1.82) is 0 Å². The quantitative estimate of drug-likeness (QED) is 0.538. The Labute approximate surface area is 176 Å². The number of pyridine rings is 1. The van der Waals surface area contributed by atoms with Crippen LogP contribution in [0.5, 0.6) is 0 Å². The summed E-state index contributed by atoms with van der Waals surface area (Å²) < 4.78 is 11.3. The Hall–Kier alpha value is -3.95. The summed E-state index contributed by atoms with van der Waals surface area (Å²) >= 11 is 0. The van der Waals surface area contributed by atoms with Gasteiger partial charge in [-0.15, -0.1) is 0 Å². The molecule has 0 fully saturated rings. The normalized spacial score (nSPS) is 12.7. The lowest BCUT2D eigenvalue weighted by molar-refractivity contribution is 0.0377. The third-order valence-corrected chi connectivity index (χ3v) is 4.29. The summed E-state index contributed by atoms with van der Waals surface area (Å²) in [5, 5.41) is 2.07. The van der Waals surface area contributed by atoms with Gasteiger partial charge < -0.3 is 15.2 Å². The van der Waals surface area contributed by atoms with Crippen molar-refractivity contribution >= 4 is 29.6 Å². The summed E-state index contributed by atoms with van der Waals surface area (Å²) in [6.07, 6.45) is -0.852. The van der Waals surface area contributed by atoms with Crippen molar-refractivity contribution in [2.45, 2.75) is 39.9 Å². The molecule has 1 aromatic carbocycles. The van der Waals surface area contributed by atoms with Gasteiger partial charge in [0.2, 0.25) is 0 Å². The summed E-state index contributed by atoms with van der Waals surface area (Å²) in [6.45, 7) is 6.64. The fourth-order valence-electron chi connectivity index (χ4n) is 3.09. The van der Waals surface area contributed by atoms with E-state index in [4.69, 9.17) is 15.2 Å². The van der Waals surface area contributed by atoms with Crippen LogP contribution in [0.4, 0.5) is 5.82 Å². The second kappa shape index (κ2) is 8.05. The van der Waals surface area contributed by atoms with Gasteiger partial charge in [0.15, 0.2) is 0 Å². The highest BCUT2D eigenvalue weighted by Crippen LogP contribution is 2.24. The molecule has 2 heterocycles. The molecule has 0 saturated carbocycles. The molecule has 162 valence electrons. The number of fused-ring (bicyclic) bond motifs is 1. The largest absolute Gasteiger partial charge is 0.459 e. The highest BCUT2D eigenvalue weighted by Gasteiger charge is 2.32. The van der Waals surface area contributed by atoms with Gasteiger partial charge in [-0.05, 0) is 45.9 Å². The smallest absolute Gasteiger partial charge is 0.338 e. The number of nitrogens with zero attached hydrogens (tertiary/aromatic N) is 1. The molecular weight excluding hydrogens is 406 g/mol. The molecule has 10 heteroatoms. The molecule has 2 aromatic rings. The third-order valence-electron chi connectivity index (χ3n) is 4.29. The summed E-state index contributed by atoms with van der Waals surface area (Å²) in [7, 11) is 0. The number of carbonyl (C=O) groups excluding carboxylic acids is 4. The van der Waals surface area contributed by atoms with E-state index < -0.39 is 41.5 Å². The van der Waals surface area contributed by atoms with Crippen LogP contribution >= 0.6 is 0 Å². The van der Waals surface area contributed by atoms with Crippen molar-refractivity contribution in [1.82, 2.24) is 9.88 Å². The average Bonchev–Trinajstić information content (AvgIpc) is 2.94. The number of amides is 2. The van der Waals surface area contributed by atoms with Crippen molar-refractivity contribution in [3.63, 3.8) is 0 Å². The maximum atomic E-state index is 12.7. The van der Waals surface area contributed by atoms with E-state index in [2.05, 4.69) is 5.32 Å². The summed E-state index contributed by atoms with van der Waals surface area (Å²) in [4.78, 5) is 61.7. The summed E-state index contributed by atoms with van der Waals surface area (Å²) in [6, 6.07) is 4.85. The molecule has 0 spiro atoms. The van der Waals surface area contributed by atoms with Gasteiger partial charge in [-0.2, -0.15) is 0 Å². The first-order valence-corrected chi connectivity index (χ1v) is 9.48. The van der Waals surface area contributed by atoms with Crippen molar-refractivity contribution in [2.24, 2.45) is 0 Å². The molecule has 1 aromatic heterocycles. The number of anilines is 1. The minimum absolute atomic E-state index is 0.0192. The fraction of sp³-hybridized carbons (Fsp3) is 0.286. The average molecular weight is 427 g/mol. The Bertz CT molecular complexity index is 1140. The molecule has 0 unspecified atom stereocenters. The molecule has 0 bridgehead atoms. The summed E-state index contributed by atoms with van der Waals surface area (Å²) in [5.41, 5.74) is 5.02. The van der Waals surface area contributed by atoms with Gasteiger partial charge in [0.25, 0.3) is 17.4 Å². The van der Waals surface area contributed by atoms with E-state index in [9.17, 15) is 24.0 Å². The maximum Gasteiger partial charge on any atom is 0.338 e. The minimum Gasteiger partial charge on any atom is -0.459 e. The van der Waals surface area contributed by atoms with Crippen LogP contribution in [0.25, 0.3) is 5.69 Å². The lowest BCUT2D eigenvalue weighted by Gasteiger charge is -2.16. The minimum atomic E-state index is -0.749. The van der Waals surface area contributed by atoms with Gasteiger partial charge in [0, 0.05) is 6.07 Å². The van der Waals surface area contributed by atoms with Gasteiger partial charge >= 0.3 is 11.9 Å². The zero-order valence-corrected chi connectivity index (χ0v) is 17.3. The molecule has 10 nitrogen and oxygen atoms in total.